The summed E-state index contributed by atoms with van der Waals surface area (Å²) in [6.45, 7) is 1.36. The third-order valence-corrected chi connectivity index (χ3v) is 3.52. The summed E-state index contributed by atoms with van der Waals surface area (Å²) in [4.78, 5) is 7.89. The van der Waals surface area contributed by atoms with Gasteiger partial charge in [-0.3, -0.25) is 0 Å². The predicted octanol–water partition coefficient (Wildman–Crippen LogP) is 0.412. The number of anilines is 2. The molecule has 0 unspecified atom stereocenters. The van der Waals surface area contributed by atoms with E-state index in [1.807, 2.05) is 0 Å². The van der Waals surface area contributed by atoms with Crippen LogP contribution in [0.5, 0.6) is 23.1 Å². The van der Waals surface area contributed by atoms with Gasteiger partial charge in [-0.1, -0.05) is 0 Å². The van der Waals surface area contributed by atoms with Gasteiger partial charge in [0.15, 0.2) is 11.5 Å². The number of hydrogen-bond acceptors (Lipinski definition) is 10. The summed E-state index contributed by atoms with van der Waals surface area (Å²) in [6.07, 6.45) is -2.70. The number of nitrogens with zero attached hydrogens (tertiary/aromatic N) is 2. The minimum atomic E-state index is -1.54. The first kappa shape index (κ1) is 19.3. The van der Waals surface area contributed by atoms with Crippen LogP contribution in [0.3, 0.4) is 0 Å². The Bertz CT molecular complexity index is 759. The fraction of sp³-hybridized carbons (Fsp3) is 0.375. The van der Waals surface area contributed by atoms with Crippen LogP contribution in [0.1, 0.15) is 6.92 Å². The zero-order valence-corrected chi connectivity index (χ0v) is 14.9. The number of nitrogens with two attached hydrogens (primary N) is 2. The van der Waals surface area contributed by atoms with Crippen LogP contribution in [-0.2, 0) is 0 Å². The first-order chi connectivity index (χ1) is 12.3. The van der Waals surface area contributed by atoms with E-state index in [9.17, 15) is 10.2 Å². The normalized spacial score (nSPS) is 13.0. The van der Waals surface area contributed by atoms with Gasteiger partial charge in [0.1, 0.15) is 11.9 Å². The van der Waals surface area contributed by atoms with Crippen LogP contribution in [0.2, 0.25) is 0 Å². The standard InChI is InChI=1S/C16H22N4O6/c1-7(21)15(22)26-14-11(13(17)19-16(18)20-14)8-5-9(23-2)12(25-4)10(6-8)24-3/h5-7,15,21-22H,1-4H3,(H4,17,18,19,20)/t7-,15-/m0/s1. The highest BCUT2D eigenvalue weighted by Gasteiger charge is 2.23. The molecule has 6 N–H and O–H groups in total. The Balaban J connectivity index is 2.67. The number of aromatic nitrogens is 2. The molecule has 26 heavy (non-hydrogen) atoms. The molecule has 10 nitrogen and oxygen atoms in total. The lowest BCUT2D eigenvalue weighted by atomic mass is 10.1. The van der Waals surface area contributed by atoms with Crippen molar-refractivity contribution in [1.29, 1.82) is 0 Å². The van der Waals surface area contributed by atoms with Crippen LogP contribution in [0.15, 0.2) is 12.1 Å². The molecule has 0 amide bonds. The van der Waals surface area contributed by atoms with Crippen molar-refractivity contribution < 1.29 is 29.2 Å². The minimum absolute atomic E-state index is 0.0135. The molecular formula is C16H22N4O6. The van der Waals surface area contributed by atoms with E-state index in [2.05, 4.69) is 9.97 Å². The van der Waals surface area contributed by atoms with E-state index in [0.717, 1.165) is 0 Å². The van der Waals surface area contributed by atoms with Crippen molar-refractivity contribution in [2.45, 2.75) is 19.3 Å². The average Bonchev–Trinajstić information content (AvgIpc) is 2.59. The van der Waals surface area contributed by atoms with E-state index < -0.39 is 12.4 Å². The van der Waals surface area contributed by atoms with Gasteiger partial charge < -0.3 is 40.6 Å². The zero-order valence-electron chi connectivity index (χ0n) is 14.9. The Labute approximate surface area is 150 Å². The molecule has 10 heteroatoms. The van der Waals surface area contributed by atoms with Crippen molar-refractivity contribution in [3.05, 3.63) is 12.1 Å². The molecule has 0 aliphatic carbocycles. The Kier molecular flexibility index (Phi) is 5.90. The molecule has 0 aliphatic heterocycles. The molecule has 1 heterocycles. The summed E-state index contributed by atoms with van der Waals surface area (Å²) in [5.74, 6) is 0.907. The van der Waals surface area contributed by atoms with E-state index in [-0.39, 0.29) is 23.2 Å². The van der Waals surface area contributed by atoms with Crippen LogP contribution in [-0.4, -0.2) is 53.9 Å². The number of nitrogen functional groups attached to an aromatic ring is 2. The van der Waals surface area contributed by atoms with Gasteiger partial charge in [0.25, 0.3) is 0 Å². The highest BCUT2D eigenvalue weighted by atomic mass is 16.6. The van der Waals surface area contributed by atoms with Crippen molar-refractivity contribution in [2.24, 2.45) is 0 Å². The SMILES string of the molecule is COc1cc(-c2c(N)nc(N)nc2O[C@H](O)[C@H](C)O)cc(OC)c1OC. The molecule has 0 fully saturated rings. The number of methoxy groups -OCH3 is 3. The number of aliphatic hydroxyl groups is 2. The quantitative estimate of drug-likeness (QED) is 0.506. The van der Waals surface area contributed by atoms with Gasteiger partial charge in [-0.25, -0.2) is 0 Å². The van der Waals surface area contributed by atoms with E-state index in [4.69, 9.17) is 30.4 Å². The number of ether oxygens (including phenoxy) is 4. The molecular weight excluding hydrogens is 344 g/mol. The molecule has 0 bridgehead atoms. The van der Waals surface area contributed by atoms with Crippen molar-refractivity contribution in [3.63, 3.8) is 0 Å². The monoisotopic (exact) mass is 366 g/mol. The highest BCUT2D eigenvalue weighted by Crippen LogP contribution is 2.44. The largest absolute Gasteiger partial charge is 0.493 e. The van der Waals surface area contributed by atoms with Gasteiger partial charge in [-0.05, 0) is 24.6 Å². The van der Waals surface area contributed by atoms with Crippen molar-refractivity contribution >= 4 is 11.8 Å². The van der Waals surface area contributed by atoms with Gasteiger partial charge in [-0.15, -0.1) is 0 Å². The predicted molar refractivity (Wildman–Crippen MR) is 94.3 cm³/mol. The smallest absolute Gasteiger partial charge is 0.230 e. The summed E-state index contributed by atoms with van der Waals surface area (Å²) in [6, 6.07) is 3.24. The average molecular weight is 366 g/mol. The lowest BCUT2D eigenvalue weighted by molar-refractivity contribution is -0.0976. The van der Waals surface area contributed by atoms with Gasteiger partial charge in [0.2, 0.25) is 23.9 Å². The number of rotatable bonds is 7. The molecule has 2 atom stereocenters. The number of aliphatic hydroxyl groups excluding tert-OH is 2. The molecule has 1 aromatic heterocycles. The maximum Gasteiger partial charge on any atom is 0.230 e. The van der Waals surface area contributed by atoms with Crippen molar-refractivity contribution in [2.75, 3.05) is 32.8 Å². The molecule has 0 saturated heterocycles. The Morgan fingerprint density at radius 3 is 2.00 bits per heavy atom. The Morgan fingerprint density at radius 2 is 1.54 bits per heavy atom. The summed E-state index contributed by atoms with van der Waals surface area (Å²) in [7, 11) is 4.42. The maximum atomic E-state index is 9.83. The fourth-order valence-corrected chi connectivity index (χ4v) is 2.27. The van der Waals surface area contributed by atoms with Crippen molar-refractivity contribution in [1.82, 2.24) is 9.97 Å². The zero-order chi connectivity index (χ0) is 19.4. The second-order valence-corrected chi connectivity index (χ2v) is 5.31. The fourth-order valence-electron chi connectivity index (χ4n) is 2.27. The molecule has 0 radical (unpaired) electrons. The lowest BCUT2D eigenvalue weighted by Crippen LogP contribution is -2.29. The van der Waals surface area contributed by atoms with Crippen LogP contribution in [0, 0.1) is 0 Å². The molecule has 0 saturated carbocycles. The second-order valence-electron chi connectivity index (χ2n) is 5.31. The molecule has 2 aromatic rings. The summed E-state index contributed by atoms with van der Waals surface area (Å²) < 4.78 is 21.2. The van der Waals surface area contributed by atoms with Crippen LogP contribution in [0.4, 0.5) is 11.8 Å². The van der Waals surface area contributed by atoms with Crippen LogP contribution < -0.4 is 30.4 Å². The molecule has 142 valence electrons. The molecule has 1 aromatic carbocycles. The first-order valence-electron chi connectivity index (χ1n) is 7.58. The first-order valence-corrected chi connectivity index (χ1v) is 7.58. The topological polar surface area (TPSA) is 155 Å². The van der Waals surface area contributed by atoms with E-state index in [1.54, 1.807) is 12.1 Å². The molecule has 0 spiro atoms. The van der Waals surface area contributed by atoms with E-state index in [1.165, 1.54) is 28.3 Å². The molecule has 0 aliphatic rings. The van der Waals surface area contributed by atoms with Crippen molar-refractivity contribution in [3.8, 4) is 34.3 Å². The van der Waals surface area contributed by atoms with Gasteiger partial charge in [0, 0.05) is 0 Å². The lowest BCUT2D eigenvalue weighted by Gasteiger charge is -2.19. The van der Waals surface area contributed by atoms with Gasteiger partial charge in [-0.2, -0.15) is 9.97 Å². The summed E-state index contributed by atoms with van der Waals surface area (Å²) >= 11 is 0. The van der Waals surface area contributed by atoms with Crippen LogP contribution >= 0.6 is 0 Å². The van der Waals surface area contributed by atoms with Crippen LogP contribution in [0.25, 0.3) is 11.1 Å². The van der Waals surface area contributed by atoms with Gasteiger partial charge >= 0.3 is 0 Å². The minimum Gasteiger partial charge on any atom is -0.493 e. The Hall–Kier alpha value is -2.98. The number of hydrogen-bond donors (Lipinski definition) is 4. The third kappa shape index (κ3) is 3.81. The third-order valence-electron chi connectivity index (χ3n) is 3.52. The summed E-state index contributed by atoms with van der Waals surface area (Å²) in [5, 5.41) is 19.3. The molecule has 2 rings (SSSR count). The maximum absolute atomic E-state index is 9.83. The second kappa shape index (κ2) is 7.93. The highest BCUT2D eigenvalue weighted by molar-refractivity contribution is 5.82. The van der Waals surface area contributed by atoms with E-state index in [0.29, 0.717) is 22.8 Å². The summed E-state index contributed by atoms with van der Waals surface area (Å²) in [5.41, 5.74) is 12.3. The van der Waals surface area contributed by atoms with Gasteiger partial charge in [0.05, 0.1) is 26.9 Å². The Morgan fingerprint density at radius 1 is 0.962 bits per heavy atom. The van der Waals surface area contributed by atoms with E-state index >= 15 is 0 Å². The number of benzene rings is 1.